The fourth-order valence-electron chi connectivity index (χ4n) is 8.49. The monoisotopic (exact) mass is 451 g/mol. The molecule has 7 atom stereocenters. The van der Waals surface area contributed by atoms with Crippen LogP contribution in [-0.2, 0) is 16.0 Å². The molecule has 4 bridgehead atoms. The van der Waals surface area contributed by atoms with Crippen LogP contribution in [-0.4, -0.2) is 52.1 Å². The fourth-order valence-corrected chi connectivity index (χ4v) is 8.49. The molecule has 2 amide bonds. The summed E-state index contributed by atoms with van der Waals surface area (Å²) in [7, 11) is 0. The Morgan fingerprint density at radius 1 is 1.15 bits per heavy atom. The average molecular weight is 452 g/mol. The summed E-state index contributed by atoms with van der Waals surface area (Å²) in [6.45, 7) is 2.96. The van der Waals surface area contributed by atoms with E-state index in [0.717, 1.165) is 44.2 Å². The number of nitrogens with two attached hydrogens (primary N) is 1. The lowest BCUT2D eigenvalue weighted by molar-refractivity contribution is -0.182. The van der Waals surface area contributed by atoms with Crippen molar-refractivity contribution < 1.29 is 14.7 Å². The third kappa shape index (κ3) is 3.70. The van der Waals surface area contributed by atoms with E-state index in [1.165, 1.54) is 6.42 Å². The van der Waals surface area contributed by atoms with Gasteiger partial charge in [0.15, 0.2) is 0 Å². The Kier molecular flexibility index (Phi) is 4.94. The maximum Gasteiger partial charge on any atom is 0.245 e. The second-order valence-corrected chi connectivity index (χ2v) is 12.2. The number of rotatable bonds is 6. The Balaban J connectivity index is 1.27. The van der Waals surface area contributed by atoms with E-state index < -0.39 is 17.7 Å². The predicted molar refractivity (Wildman–Crippen MR) is 125 cm³/mol. The molecule has 7 rings (SSSR count). The smallest absolute Gasteiger partial charge is 0.245 e. The maximum absolute atomic E-state index is 14.0. The number of fused-ring (bicyclic) bond motifs is 1. The van der Waals surface area contributed by atoms with Crippen LogP contribution in [0.4, 0.5) is 0 Å². The molecule has 4 N–H and O–H groups in total. The van der Waals surface area contributed by atoms with Gasteiger partial charge < -0.3 is 21.1 Å². The van der Waals surface area contributed by atoms with Crippen LogP contribution in [0.3, 0.4) is 0 Å². The van der Waals surface area contributed by atoms with Gasteiger partial charge in [0.2, 0.25) is 11.8 Å². The highest BCUT2D eigenvalue weighted by atomic mass is 16.3. The van der Waals surface area contributed by atoms with Gasteiger partial charge >= 0.3 is 0 Å². The molecular weight excluding hydrogens is 414 g/mol. The SMILES string of the molecule is CC1C2CC2CN1C(=O)C(NC(=O)C(N)Cc1ccccc1)C12CC3CC(CC(O)(C3)C1)C2. The highest BCUT2D eigenvalue weighted by Crippen LogP contribution is 2.63. The largest absolute Gasteiger partial charge is 0.390 e. The van der Waals surface area contributed by atoms with Crippen LogP contribution in [0, 0.1) is 29.1 Å². The zero-order chi connectivity index (χ0) is 23.0. The van der Waals surface area contributed by atoms with Crippen LogP contribution in [0.5, 0.6) is 0 Å². The van der Waals surface area contributed by atoms with E-state index in [4.69, 9.17) is 5.73 Å². The first-order valence-electron chi connectivity index (χ1n) is 12.9. The summed E-state index contributed by atoms with van der Waals surface area (Å²) in [5.41, 5.74) is 6.31. The van der Waals surface area contributed by atoms with Gasteiger partial charge in [-0.3, -0.25) is 9.59 Å². The molecule has 1 heterocycles. The second-order valence-electron chi connectivity index (χ2n) is 12.2. The van der Waals surface area contributed by atoms with Crippen molar-refractivity contribution in [3.05, 3.63) is 35.9 Å². The lowest BCUT2D eigenvalue weighted by Gasteiger charge is -2.62. The van der Waals surface area contributed by atoms with Crippen molar-refractivity contribution in [2.24, 2.45) is 34.8 Å². The van der Waals surface area contributed by atoms with Crippen molar-refractivity contribution in [1.82, 2.24) is 10.2 Å². The number of nitrogens with zero attached hydrogens (tertiary/aromatic N) is 1. The number of carbonyl (C=O) groups excluding carboxylic acids is 2. The average Bonchev–Trinajstić information content (AvgIpc) is 3.46. The highest BCUT2D eigenvalue weighted by molar-refractivity contribution is 5.91. The zero-order valence-electron chi connectivity index (χ0n) is 19.6. The molecule has 0 spiro atoms. The molecule has 1 aliphatic heterocycles. The molecule has 5 aliphatic carbocycles. The highest BCUT2D eigenvalue weighted by Gasteiger charge is 2.63. The fraction of sp³-hybridized carbons (Fsp3) is 0.704. The second kappa shape index (κ2) is 7.54. The van der Waals surface area contributed by atoms with Crippen molar-refractivity contribution in [1.29, 1.82) is 0 Å². The Morgan fingerprint density at radius 2 is 1.85 bits per heavy atom. The molecule has 6 fully saturated rings. The van der Waals surface area contributed by atoms with E-state index >= 15 is 0 Å². The Hall–Kier alpha value is -1.92. The van der Waals surface area contributed by atoms with Gasteiger partial charge in [-0.15, -0.1) is 0 Å². The van der Waals surface area contributed by atoms with Gasteiger partial charge in [-0.2, -0.15) is 0 Å². The quantitative estimate of drug-likeness (QED) is 0.618. The number of piperidine rings is 1. The molecule has 178 valence electrons. The molecule has 33 heavy (non-hydrogen) atoms. The summed E-state index contributed by atoms with van der Waals surface area (Å²) in [5.74, 6) is 1.95. The number of carbonyl (C=O) groups is 2. The predicted octanol–water partition coefficient (Wildman–Crippen LogP) is 2.24. The van der Waals surface area contributed by atoms with Crippen LogP contribution in [0.1, 0.15) is 57.4 Å². The molecule has 1 saturated heterocycles. The first-order valence-corrected chi connectivity index (χ1v) is 12.9. The standard InChI is InChI=1S/C27H37N3O3/c1-16-21-9-20(21)14-30(16)25(32)23(29-24(31)22(28)8-17-5-3-2-4-6-17)26-10-18-7-19(11-26)13-27(33,12-18)15-26/h2-6,16,18-23,33H,7-15,28H2,1H3,(H,29,31). The van der Waals surface area contributed by atoms with Crippen molar-refractivity contribution in [3.63, 3.8) is 0 Å². The summed E-state index contributed by atoms with van der Waals surface area (Å²) in [6.07, 6.45) is 6.97. The minimum atomic E-state index is -0.705. The molecule has 1 aromatic carbocycles. The van der Waals surface area contributed by atoms with Gasteiger partial charge in [-0.25, -0.2) is 0 Å². The number of benzene rings is 1. The van der Waals surface area contributed by atoms with Gasteiger partial charge in [0.25, 0.3) is 0 Å². The minimum absolute atomic E-state index is 0.0560. The van der Waals surface area contributed by atoms with E-state index in [-0.39, 0.29) is 23.3 Å². The van der Waals surface area contributed by atoms with E-state index in [2.05, 4.69) is 12.2 Å². The summed E-state index contributed by atoms with van der Waals surface area (Å²) >= 11 is 0. The van der Waals surface area contributed by atoms with Crippen molar-refractivity contribution in [2.45, 2.75) is 82.0 Å². The normalized spacial score (nSPS) is 42.0. The van der Waals surface area contributed by atoms with Crippen LogP contribution >= 0.6 is 0 Å². The summed E-state index contributed by atoms with van der Waals surface area (Å²) in [5, 5.41) is 14.5. The van der Waals surface area contributed by atoms with E-state index in [1.807, 2.05) is 35.2 Å². The van der Waals surface area contributed by atoms with Crippen LogP contribution < -0.4 is 11.1 Å². The summed E-state index contributed by atoms with van der Waals surface area (Å²) < 4.78 is 0. The van der Waals surface area contributed by atoms with Gasteiger partial charge in [-0.1, -0.05) is 30.3 Å². The molecule has 0 radical (unpaired) electrons. The molecule has 0 aromatic heterocycles. The number of hydrogen-bond donors (Lipinski definition) is 3. The van der Waals surface area contributed by atoms with E-state index in [9.17, 15) is 14.7 Å². The Labute approximate surface area is 196 Å². The first-order chi connectivity index (χ1) is 15.8. The molecule has 7 unspecified atom stereocenters. The molecule has 6 heteroatoms. The lowest BCUT2D eigenvalue weighted by atomic mass is 9.46. The van der Waals surface area contributed by atoms with Crippen molar-refractivity contribution in [3.8, 4) is 0 Å². The lowest BCUT2D eigenvalue weighted by Crippen LogP contribution is -2.67. The molecule has 6 nitrogen and oxygen atoms in total. The minimum Gasteiger partial charge on any atom is -0.390 e. The maximum atomic E-state index is 14.0. The third-order valence-corrected chi connectivity index (χ3v) is 9.66. The zero-order valence-corrected chi connectivity index (χ0v) is 19.6. The summed E-state index contributed by atoms with van der Waals surface area (Å²) in [4.78, 5) is 29.4. The topological polar surface area (TPSA) is 95.7 Å². The van der Waals surface area contributed by atoms with Crippen LogP contribution in [0.2, 0.25) is 0 Å². The van der Waals surface area contributed by atoms with Gasteiger partial charge in [0.1, 0.15) is 6.04 Å². The van der Waals surface area contributed by atoms with E-state index in [0.29, 0.717) is 36.5 Å². The van der Waals surface area contributed by atoms with Crippen molar-refractivity contribution >= 4 is 11.8 Å². The van der Waals surface area contributed by atoms with Gasteiger partial charge in [0.05, 0.1) is 11.6 Å². The molecule has 6 aliphatic rings. The van der Waals surface area contributed by atoms with Crippen molar-refractivity contribution in [2.75, 3.05) is 6.54 Å². The Bertz CT molecular complexity index is 935. The van der Waals surface area contributed by atoms with E-state index in [1.54, 1.807) is 0 Å². The van der Waals surface area contributed by atoms with Crippen LogP contribution in [0.25, 0.3) is 0 Å². The molecular formula is C27H37N3O3. The Morgan fingerprint density at radius 3 is 2.45 bits per heavy atom. The van der Waals surface area contributed by atoms with Crippen LogP contribution in [0.15, 0.2) is 30.3 Å². The third-order valence-electron chi connectivity index (χ3n) is 9.66. The summed E-state index contributed by atoms with van der Waals surface area (Å²) in [6, 6.07) is 8.73. The number of nitrogens with one attached hydrogen (secondary N) is 1. The van der Waals surface area contributed by atoms with Gasteiger partial charge in [-0.05, 0) is 87.5 Å². The van der Waals surface area contributed by atoms with Gasteiger partial charge in [0, 0.05) is 18.0 Å². The molecule has 5 saturated carbocycles. The number of amides is 2. The number of hydrogen-bond acceptors (Lipinski definition) is 4. The first kappa shape index (κ1) is 21.6. The number of aliphatic hydroxyl groups is 1. The molecule has 1 aromatic rings. The number of likely N-dealkylation sites (tertiary alicyclic amines) is 1.